The predicted molar refractivity (Wildman–Crippen MR) is 40.9 cm³/mol. The summed E-state index contributed by atoms with van der Waals surface area (Å²) in [6.45, 7) is -6.22. The van der Waals surface area contributed by atoms with Crippen LogP contribution in [0.1, 0.15) is 53.0 Å². The molecule has 0 spiro atoms. The highest BCUT2D eigenvalue weighted by Gasteiger charge is 2.06. The highest BCUT2D eigenvalue weighted by atomic mass is 16.6. The number of carbonyl (C=O) groups excluding carboxylic acids is 2. The van der Waals surface area contributed by atoms with Crippen LogP contribution >= 0.6 is 0 Å². The largest absolute Gasteiger partial charge is 0.393 e. The Morgan fingerprint density at radius 2 is 1.73 bits per heavy atom. The average Bonchev–Trinajstić information content (AvgIpc) is 2.10. The van der Waals surface area contributed by atoms with E-state index in [0.29, 0.717) is 0 Å². The number of hydrogen-bond donors (Lipinski definition) is 0. The van der Waals surface area contributed by atoms with E-state index < -0.39 is 51.2 Å². The van der Waals surface area contributed by atoms with Crippen LogP contribution < -0.4 is 0 Å². The van der Waals surface area contributed by atoms with Crippen molar-refractivity contribution in [2.45, 2.75) is 39.3 Å². The van der Waals surface area contributed by atoms with Gasteiger partial charge in [0, 0.05) is 26.5 Å². The molecule has 11 heavy (non-hydrogen) atoms. The van der Waals surface area contributed by atoms with Gasteiger partial charge in [-0.15, -0.1) is 0 Å². The lowest BCUT2D eigenvalue weighted by Gasteiger charge is -1.98. The molecule has 0 saturated heterocycles. The fourth-order valence-corrected chi connectivity index (χ4v) is 0.343. The van der Waals surface area contributed by atoms with Crippen LogP contribution in [0.25, 0.3) is 0 Å². The van der Waals surface area contributed by atoms with Gasteiger partial charge in [-0.3, -0.25) is 9.59 Å². The monoisotopic (exact) mass is 168 g/mol. The SMILES string of the molecule is [2H]C([2H])([2H])C([2H])([2H])CC(=O)OC(=O)CC([2H])([2H])C([2H])([2H])[2H]. The van der Waals surface area contributed by atoms with Crippen molar-refractivity contribution in [1.29, 1.82) is 0 Å². The zero-order valence-corrected chi connectivity index (χ0v) is 5.64. The number of hydrogen-bond acceptors (Lipinski definition) is 3. The van der Waals surface area contributed by atoms with E-state index in [1.54, 1.807) is 0 Å². The van der Waals surface area contributed by atoms with Crippen molar-refractivity contribution in [1.82, 2.24) is 0 Å². The second-order valence-corrected chi connectivity index (χ2v) is 1.55. The highest BCUT2D eigenvalue weighted by molar-refractivity contribution is 5.85. The molecule has 3 heteroatoms. The molecule has 0 aromatic heterocycles. The second-order valence-electron chi connectivity index (χ2n) is 1.55. The van der Waals surface area contributed by atoms with Gasteiger partial charge >= 0.3 is 11.9 Å². The molecule has 64 valence electrons. The molecule has 0 aliphatic carbocycles. The van der Waals surface area contributed by atoms with Gasteiger partial charge in [0.2, 0.25) is 0 Å². The molecule has 0 fully saturated rings. The molecular weight excluding hydrogens is 144 g/mol. The molecule has 0 unspecified atom stereocenters. The molecule has 0 N–H and O–H groups in total. The molecule has 0 aromatic carbocycles. The Labute approximate surface area is 80.8 Å². The molecule has 0 bridgehead atoms. The fourth-order valence-electron chi connectivity index (χ4n) is 0.343. The van der Waals surface area contributed by atoms with E-state index in [1.165, 1.54) is 0 Å². The Bertz CT molecular complexity index is 370. The minimum atomic E-state index is -3.11. The van der Waals surface area contributed by atoms with Gasteiger partial charge in [-0.1, -0.05) is 13.7 Å². The van der Waals surface area contributed by atoms with Crippen LogP contribution in [0, 0.1) is 0 Å². The smallest absolute Gasteiger partial charge is 0.313 e. The summed E-state index contributed by atoms with van der Waals surface area (Å²) in [4.78, 5) is 22.5. The maximum absolute atomic E-state index is 11.3. The lowest BCUT2D eigenvalue weighted by molar-refractivity contribution is -0.159. The molecule has 0 amide bonds. The summed E-state index contributed by atoms with van der Waals surface area (Å²) in [5, 5.41) is 0. The van der Waals surface area contributed by atoms with Crippen LogP contribution in [0.2, 0.25) is 0 Å². The third-order valence-electron chi connectivity index (χ3n) is 0.693. The van der Waals surface area contributed by atoms with Crippen molar-refractivity contribution in [2.75, 3.05) is 0 Å². The molecule has 0 aliphatic heterocycles. The minimum absolute atomic E-state index is 1.24. The van der Waals surface area contributed by atoms with Gasteiger partial charge in [0.15, 0.2) is 0 Å². The van der Waals surface area contributed by atoms with E-state index >= 15 is 0 Å². The number of esters is 2. The Balaban J connectivity index is 4.66. The van der Waals surface area contributed by atoms with Gasteiger partial charge in [0.25, 0.3) is 0 Å². The molecule has 0 heterocycles. The number of ether oxygens (including phenoxy) is 1. The van der Waals surface area contributed by atoms with E-state index in [1.807, 2.05) is 0 Å². The zero-order chi connectivity index (χ0) is 17.3. The van der Waals surface area contributed by atoms with Gasteiger partial charge in [-0.25, -0.2) is 0 Å². The van der Waals surface area contributed by atoms with E-state index in [-0.39, 0.29) is 0 Å². The van der Waals surface area contributed by atoms with Gasteiger partial charge in [0.1, 0.15) is 0 Å². The fraction of sp³-hybridized carbons (Fsp3) is 0.750. The van der Waals surface area contributed by atoms with E-state index in [0.717, 1.165) is 0 Å². The summed E-state index contributed by atoms with van der Waals surface area (Å²) in [6.07, 6.45) is -8.33. The first kappa shape index (κ1) is 2.31. The quantitative estimate of drug-likeness (QED) is 0.473. The molecule has 0 radical (unpaired) electrons. The molecule has 0 rings (SSSR count). The van der Waals surface area contributed by atoms with E-state index in [4.69, 9.17) is 13.7 Å². The summed E-state index contributed by atoms with van der Waals surface area (Å²) in [6, 6.07) is 0. The van der Waals surface area contributed by atoms with Crippen molar-refractivity contribution in [3.8, 4) is 0 Å². The van der Waals surface area contributed by atoms with Gasteiger partial charge < -0.3 is 4.74 Å². The zero-order valence-electron chi connectivity index (χ0n) is 15.6. The van der Waals surface area contributed by atoms with Gasteiger partial charge in [-0.2, -0.15) is 0 Å². The summed E-state index contributed by atoms with van der Waals surface area (Å²) < 4.78 is 73.9. The summed E-state index contributed by atoms with van der Waals surface area (Å²) in [5.74, 6) is -3.02. The van der Waals surface area contributed by atoms with Gasteiger partial charge in [-0.05, 0) is 12.7 Å². The summed E-state index contributed by atoms with van der Waals surface area (Å²) >= 11 is 0. The third kappa shape index (κ3) is 5.58. The number of carbonyl (C=O) groups is 2. The lowest BCUT2D eigenvalue weighted by Crippen LogP contribution is -2.10. The topological polar surface area (TPSA) is 43.4 Å². The molecule has 0 atom stereocenters. The standard InChI is InChI=1S/C8H14O3/c1-3-5-7(9)11-8(10)6-4-2/h3-6H2,1-2H3/i1D3,2D3,3D2,4D2. The Kier molecular flexibility index (Phi) is 1.24. The van der Waals surface area contributed by atoms with Gasteiger partial charge in [0.05, 0.1) is 0 Å². The lowest BCUT2D eigenvalue weighted by atomic mass is 10.3. The number of rotatable bonds is 4. The first-order valence-corrected chi connectivity index (χ1v) is 2.73. The maximum atomic E-state index is 11.3. The first-order valence-electron chi connectivity index (χ1n) is 7.73. The first-order chi connectivity index (χ1) is 8.99. The molecule has 0 saturated carbocycles. The minimum Gasteiger partial charge on any atom is -0.393 e. The highest BCUT2D eigenvalue weighted by Crippen LogP contribution is 1.95. The van der Waals surface area contributed by atoms with Crippen LogP contribution in [-0.4, -0.2) is 11.9 Å². The van der Waals surface area contributed by atoms with Crippen LogP contribution in [0.15, 0.2) is 0 Å². The van der Waals surface area contributed by atoms with Crippen molar-refractivity contribution in [3.05, 3.63) is 0 Å². The van der Waals surface area contributed by atoms with Crippen molar-refractivity contribution in [3.63, 3.8) is 0 Å². The van der Waals surface area contributed by atoms with Crippen molar-refractivity contribution in [2.24, 2.45) is 0 Å². The second kappa shape index (κ2) is 5.89. The normalized spacial score (nSPS) is 27.6. The molecule has 0 aromatic rings. The molecule has 3 nitrogen and oxygen atoms in total. The Morgan fingerprint density at radius 3 is 2.09 bits per heavy atom. The Morgan fingerprint density at radius 1 is 1.27 bits per heavy atom. The average molecular weight is 168 g/mol. The van der Waals surface area contributed by atoms with E-state index in [9.17, 15) is 9.59 Å². The van der Waals surface area contributed by atoms with Crippen LogP contribution in [0.3, 0.4) is 0 Å². The van der Waals surface area contributed by atoms with Crippen LogP contribution in [0.4, 0.5) is 0 Å². The van der Waals surface area contributed by atoms with Crippen LogP contribution in [0.5, 0.6) is 0 Å². The Hall–Kier alpha value is -0.860. The van der Waals surface area contributed by atoms with Crippen LogP contribution in [-0.2, 0) is 14.3 Å². The van der Waals surface area contributed by atoms with E-state index in [2.05, 4.69) is 4.74 Å². The summed E-state index contributed by atoms with van der Waals surface area (Å²) in [5.41, 5.74) is 0. The van der Waals surface area contributed by atoms with Crippen molar-refractivity contribution < 1.29 is 28.0 Å². The molecule has 0 aliphatic rings. The predicted octanol–water partition coefficient (Wildman–Crippen LogP) is 1.66. The summed E-state index contributed by atoms with van der Waals surface area (Å²) in [7, 11) is 0. The van der Waals surface area contributed by atoms with Crippen molar-refractivity contribution >= 4 is 11.9 Å². The maximum Gasteiger partial charge on any atom is 0.313 e. The molecular formula is C8H14O3. The third-order valence-corrected chi connectivity index (χ3v) is 0.693.